The Morgan fingerprint density at radius 1 is 1.00 bits per heavy atom. The van der Waals surface area contributed by atoms with Crippen molar-refractivity contribution in [1.29, 1.82) is 0 Å². The zero-order valence-electron chi connectivity index (χ0n) is 11.8. The summed E-state index contributed by atoms with van der Waals surface area (Å²) in [5, 5.41) is 0. The van der Waals surface area contributed by atoms with Gasteiger partial charge < -0.3 is 23.7 Å². The molecule has 20 heavy (non-hydrogen) atoms. The van der Waals surface area contributed by atoms with Crippen LogP contribution in [0.2, 0.25) is 0 Å². The van der Waals surface area contributed by atoms with E-state index in [1.165, 1.54) is 0 Å². The van der Waals surface area contributed by atoms with Gasteiger partial charge in [0.25, 0.3) is 0 Å². The summed E-state index contributed by atoms with van der Waals surface area (Å²) in [6.45, 7) is 8.03. The van der Waals surface area contributed by atoms with Crippen LogP contribution in [0, 0.1) is 0 Å². The van der Waals surface area contributed by atoms with Crippen molar-refractivity contribution in [2.45, 2.75) is 63.9 Å². The van der Waals surface area contributed by atoms with Gasteiger partial charge in [0.05, 0.1) is 10.00 Å². The van der Waals surface area contributed by atoms with Gasteiger partial charge in [-0.3, -0.25) is 0 Å². The highest BCUT2D eigenvalue weighted by atomic mass is 79.9. The summed E-state index contributed by atoms with van der Waals surface area (Å²) in [4.78, 5) is 0. The summed E-state index contributed by atoms with van der Waals surface area (Å²) in [6, 6.07) is 0. The van der Waals surface area contributed by atoms with Gasteiger partial charge in [-0.05, 0) is 59.6 Å². The van der Waals surface area contributed by atoms with E-state index >= 15 is 0 Å². The van der Waals surface area contributed by atoms with Gasteiger partial charge >= 0.3 is 0 Å². The molecular formula is C13H18Br2O5. The summed E-state index contributed by atoms with van der Waals surface area (Å²) in [6.07, 6.45) is -1.08. The molecule has 5 nitrogen and oxygen atoms in total. The van der Waals surface area contributed by atoms with Crippen molar-refractivity contribution in [3.05, 3.63) is 8.96 Å². The van der Waals surface area contributed by atoms with E-state index in [9.17, 15) is 0 Å². The number of halogens is 2. The lowest BCUT2D eigenvalue weighted by molar-refractivity contribution is -0.215. The topological polar surface area (TPSA) is 46.2 Å². The second kappa shape index (κ2) is 5.01. The molecule has 0 radical (unpaired) electrons. The molecule has 3 fully saturated rings. The van der Waals surface area contributed by atoms with Crippen molar-refractivity contribution in [3.8, 4) is 0 Å². The molecule has 0 unspecified atom stereocenters. The average molecular weight is 414 g/mol. The third-order valence-corrected chi connectivity index (χ3v) is 4.45. The highest BCUT2D eigenvalue weighted by Crippen LogP contribution is 2.46. The lowest BCUT2D eigenvalue weighted by atomic mass is 10.0. The maximum absolute atomic E-state index is 6.00. The fraction of sp³-hybridized carbons (Fsp3) is 0.846. The van der Waals surface area contributed by atoms with Gasteiger partial charge in [-0.15, -0.1) is 0 Å². The summed E-state index contributed by atoms with van der Waals surface area (Å²) in [5.41, 5.74) is 0.965. The Hall–Kier alpha value is 0.500. The van der Waals surface area contributed by atoms with E-state index in [2.05, 4.69) is 31.9 Å². The summed E-state index contributed by atoms with van der Waals surface area (Å²) in [5.74, 6) is -1.23. The molecular weight excluding hydrogens is 396 g/mol. The second-order valence-corrected chi connectivity index (χ2v) is 8.71. The first-order valence-electron chi connectivity index (χ1n) is 6.56. The molecule has 0 spiro atoms. The van der Waals surface area contributed by atoms with E-state index in [0.717, 1.165) is 8.96 Å². The molecule has 0 aliphatic carbocycles. The lowest BCUT2D eigenvalue weighted by Crippen LogP contribution is -2.35. The molecule has 3 saturated heterocycles. The predicted molar refractivity (Wildman–Crippen MR) is 78.5 cm³/mol. The van der Waals surface area contributed by atoms with E-state index in [1.807, 2.05) is 27.7 Å². The molecule has 7 heteroatoms. The summed E-state index contributed by atoms with van der Waals surface area (Å²) >= 11 is 6.95. The van der Waals surface area contributed by atoms with Gasteiger partial charge in [0.2, 0.25) is 0 Å². The first kappa shape index (κ1) is 15.4. The van der Waals surface area contributed by atoms with Crippen LogP contribution in [0.1, 0.15) is 27.7 Å². The molecule has 0 amide bonds. The maximum Gasteiger partial charge on any atom is 0.192 e. The minimum absolute atomic E-state index is 0.175. The molecule has 0 N–H and O–H groups in total. The Kier molecular flexibility index (Phi) is 3.86. The minimum atomic E-state index is -0.646. The molecule has 4 atom stereocenters. The van der Waals surface area contributed by atoms with Gasteiger partial charge in [-0.1, -0.05) is 0 Å². The van der Waals surface area contributed by atoms with E-state index in [4.69, 9.17) is 23.7 Å². The molecule has 3 rings (SSSR count). The van der Waals surface area contributed by atoms with Crippen LogP contribution in [0.3, 0.4) is 0 Å². The van der Waals surface area contributed by atoms with Gasteiger partial charge in [-0.25, -0.2) is 0 Å². The van der Waals surface area contributed by atoms with Crippen molar-refractivity contribution in [2.75, 3.05) is 6.61 Å². The number of hydrogen-bond acceptors (Lipinski definition) is 5. The van der Waals surface area contributed by atoms with Gasteiger partial charge in [0, 0.05) is 5.57 Å². The van der Waals surface area contributed by atoms with Crippen LogP contribution in [0.25, 0.3) is 0 Å². The number of ether oxygens (including phenoxy) is 5. The molecule has 3 aliphatic rings. The Morgan fingerprint density at radius 3 is 2.25 bits per heavy atom. The van der Waals surface area contributed by atoms with Gasteiger partial charge in [0.1, 0.15) is 18.3 Å². The largest absolute Gasteiger partial charge is 0.348 e. The van der Waals surface area contributed by atoms with E-state index in [1.54, 1.807) is 0 Å². The Bertz CT molecular complexity index is 444. The average Bonchev–Trinajstić information content (AvgIpc) is 2.86. The maximum atomic E-state index is 6.00. The highest BCUT2D eigenvalue weighted by molar-refractivity contribution is 9.28. The number of fused-ring (bicyclic) bond motifs is 1. The molecule has 0 aromatic carbocycles. The molecule has 0 aromatic heterocycles. The van der Waals surface area contributed by atoms with Crippen LogP contribution in [0.15, 0.2) is 8.96 Å². The van der Waals surface area contributed by atoms with Crippen LogP contribution >= 0.6 is 31.9 Å². The first-order valence-corrected chi connectivity index (χ1v) is 8.15. The van der Waals surface area contributed by atoms with Crippen molar-refractivity contribution >= 4 is 31.9 Å². The number of rotatable bonds is 1. The van der Waals surface area contributed by atoms with Crippen molar-refractivity contribution in [3.63, 3.8) is 0 Å². The first-order chi connectivity index (χ1) is 9.19. The standard InChI is InChI=1S/C13H18Br2O5/c1-12(2)16-5-6(18-12)8-7(10(14)15)9-11(17-8)20-13(3,4)19-9/h6,8-9,11H,5H2,1-4H3/t6-,8-,9-,11+/m1/s1. The molecule has 3 heterocycles. The van der Waals surface area contributed by atoms with Crippen LogP contribution < -0.4 is 0 Å². The summed E-state index contributed by atoms with van der Waals surface area (Å²) < 4.78 is 30.0. The van der Waals surface area contributed by atoms with Crippen molar-refractivity contribution in [2.24, 2.45) is 0 Å². The van der Waals surface area contributed by atoms with Gasteiger partial charge in [0.15, 0.2) is 17.9 Å². The molecule has 0 aromatic rings. The normalized spacial score (nSPS) is 42.0. The Labute approximate surface area is 135 Å². The van der Waals surface area contributed by atoms with E-state index in [-0.39, 0.29) is 18.3 Å². The van der Waals surface area contributed by atoms with Crippen LogP contribution in [0.4, 0.5) is 0 Å². The molecule has 3 aliphatic heterocycles. The Balaban J connectivity index is 1.83. The second-order valence-electron chi connectivity index (χ2n) is 6.06. The monoisotopic (exact) mass is 412 g/mol. The fourth-order valence-electron chi connectivity index (χ4n) is 2.79. The van der Waals surface area contributed by atoms with Crippen molar-refractivity contribution in [1.82, 2.24) is 0 Å². The minimum Gasteiger partial charge on any atom is -0.348 e. The number of hydrogen-bond donors (Lipinski definition) is 0. The molecule has 114 valence electrons. The lowest BCUT2D eigenvalue weighted by Gasteiger charge is -2.25. The van der Waals surface area contributed by atoms with Crippen LogP contribution in [0.5, 0.6) is 0 Å². The quantitative estimate of drug-likeness (QED) is 0.661. The smallest absolute Gasteiger partial charge is 0.192 e. The molecule has 0 saturated carbocycles. The Morgan fingerprint density at radius 2 is 1.70 bits per heavy atom. The van der Waals surface area contributed by atoms with Gasteiger partial charge in [-0.2, -0.15) is 0 Å². The van der Waals surface area contributed by atoms with E-state index < -0.39 is 17.9 Å². The van der Waals surface area contributed by atoms with E-state index in [0.29, 0.717) is 6.61 Å². The highest BCUT2D eigenvalue weighted by Gasteiger charge is 2.56. The fourth-order valence-corrected chi connectivity index (χ4v) is 3.69. The predicted octanol–water partition coefficient (Wildman–Crippen LogP) is 3.02. The van der Waals surface area contributed by atoms with Crippen LogP contribution in [-0.4, -0.2) is 42.8 Å². The third-order valence-electron chi connectivity index (χ3n) is 3.54. The molecule has 0 bridgehead atoms. The zero-order valence-corrected chi connectivity index (χ0v) is 15.0. The SMILES string of the molecule is CC1(C)O[C@@H]2O[C@H]([C@H]3COC(C)(C)O3)C(=C(Br)Br)[C@H]2O1. The third kappa shape index (κ3) is 2.74. The summed E-state index contributed by atoms with van der Waals surface area (Å²) in [7, 11) is 0. The van der Waals surface area contributed by atoms with Crippen molar-refractivity contribution < 1.29 is 23.7 Å². The van der Waals surface area contributed by atoms with Crippen LogP contribution in [-0.2, 0) is 23.7 Å². The zero-order chi connectivity index (χ0) is 14.7.